The number of methoxy groups -OCH3 is 3. The second kappa shape index (κ2) is 20.7. The quantitative estimate of drug-likeness (QED) is 0.0474. The van der Waals surface area contributed by atoms with Gasteiger partial charge in [-0.05, 0) is 85.0 Å². The molecule has 4 aromatic carbocycles. The summed E-state index contributed by atoms with van der Waals surface area (Å²) in [5.74, 6) is -0.630. The minimum atomic E-state index is -0.588. The minimum Gasteiger partial charge on any atom is -0.493 e. The Morgan fingerprint density at radius 3 is 2.20 bits per heavy atom. The summed E-state index contributed by atoms with van der Waals surface area (Å²) in [6, 6.07) is 29.3. The highest BCUT2D eigenvalue weighted by Gasteiger charge is 2.31. The van der Waals surface area contributed by atoms with E-state index in [4.69, 9.17) is 18.9 Å². The first kappa shape index (κ1) is 43.5. The van der Waals surface area contributed by atoms with Crippen LogP contribution in [-0.4, -0.2) is 68.3 Å². The molecule has 0 aliphatic carbocycles. The van der Waals surface area contributed by atoms with E-state index in [2.05, 4.69) is 33.0 Å². The Balaban J connectivity index is 1.20. The molecule has 12 nitrogen and oxygen atoms in total. The number of carbonyl (C=O) groups excluding carboxylic acids is 4. The molecule has 5 aromatic rings. The molecule has 0 spiro atoms. The first-order valence-electron chi connectivity index (χ1n) is 19.5. The van der Waals surface area contributed by atoms with Crippen molar-refractivity contribution in [2.75, 3.05) is 45.1 Å². The number of nitrogens with zero attached hydrogens (tertiary/aromatic N) is 1. The van der Waals surface area contributed by atoms with E-state index in [9.17, 15) is 19.2 Å². The predicted octanol–water partition coefficient (Wildman–Crippen LogP) is 8.43. The van der Waals surface area contributed by atoms with Gasteiger partial charge in [-0.25, -0.2) is 4.79 Å². The van der Waals surface area contributed by atoms with Crippen molar-refractivity contribution < 1.29 is 38.1 Å². The normalized spacial score (nSPS) is 13.1. The maximum atomic E-state index is 14.0. The lowest BCUT2D eigenvalue weighted by Gasteiger charge is -2.27. The zero-order valence-corrected chi connectivity index (χ0v) is 35.8. The fourth-order valence-electron chi connectivity index (χ4n) is 6.76. The van der Waals surface area contributed by atoms with E-state index in [0.717, 1.165) is 28.4 Å². The number of benzene rings is 4. The van der Waals surface area contributed by atoms with E-state index in [1.54, 1.807) is 67.6 Å². The summed E-state index contributed by atoms with van der Waals surface area (Å²) in [6.45, 7) is 6.14. The molecule has 1 unspecified atom stereocenters. The number of ether oxygens (including phenoxy) is 4. The highest BCUT2D eigenvalue weighted by atomic mass is 32.2. The highest BCUT2D eigenvalue weighted by Crippen LogP contribution is 2.40. The second-order valence-corrected chi connectivity index (χ2v) is 16.1. The summed E-state index contributed by atoms with van der Waals surface area (Å²) in [5, 5.41) is 8.70. The third-order valence-electron chi connectivity index (χ3n) is 9.66. The van der Waals surface area contributed by atoms with Crippen LogP contribution in [0.3, 0.4) is 0 Å². The van der Waals surface area contributed by atoms with Crippen LogP contribution >= 0.6 is 23.1 Å². The van der Waals surface area contributed by atoms with Crippen LogP contribution in [0, 0.1) is 0 Å². The zero-order valence-electron chi connectivity index (χ0n) is 34.2. The highest BCUT2D eigenvalue weighted by molar-refractivity contribution is 8.00. The van der Waals surface area contributed by atoms with E-state index in [1.807, 2.05) is 31.2 Å². The number of anilines is 2. The number of rotatable bonds is 17. The van der Waals surface area contributed by atoms with Crippen LogP contribution in [-0.2, 0) is 33.8 Å². The van der Waals surface area contributed by atoms with E-state index in [-0.39, 0.29) is 18.2 Å². The predicted molar refractivity (Wildman–Crippen MR) is 236 cm³/mol. The number of esters is 1. The number of thioether (sulfide) groups is 1. The van der Waals surface area contributed by atoms with Crippen LogP contribution in [0.15, 0.2) is 108 Å². The van der Waals surface area contributed by atoms with E-state index in [0.29, 0.717) is 64.0 Å². The topological polar surface area (TPSA) is 145 Å². The second-order valence-electron chi connectivity index (χ2n) is 13.7. The molecule has 1 aromatic heterocycles. The van der Waals surface area contributed by atoms with Crippen LogP contribution in [0.2, 0.25) is 0 Å². The SMILES string of the molecule is CCOC(=O)c1c(NC(=O)C(CC)Sc2cccc(NC(=O)/C(=C\c3cc(OC)c(OC)c(OC)c3)NC(=O)c3ccccc3)c2)sc2c1CCN(Cc1ccccc1)C2. The number of amides is 3. The van der Waals surface area contributed by atoms with Gasteiger partial charge in [-0.3, -0.25) is 19.3 Å². The van der Waals surface area contributed by atoms with Gasteiger partial charge in [-0.2, -0.15) is 0 Å². The molecular formula is C46H48N4O8S2. The summed E-state index contributed by atoms with van der Waals surface area (Å²) >= 11 is 2.77. The minimum absolute atomic E-state index is 0.0405. The van der Waals surface area contributed by atoms with Crippen molar-refractivity contribution in [2.24, 2.45) is 0 Å². The van der Waals surface area contributed by atoms with Crippen molar-refractivity contribution >= 4 is 63.6 Å². The largest absolute Gasteiger partial charge is 0.493 e. The molecule has 6 rings (SSSR count). The summed E-state index contributed by atoms with van der Waals surface area (Å²) in [6.07, 6.45) is 2.68. The molecule has 312 valence electrons. The Labute approximate surface area is 358 Å². The van der Waals surface area contributed by atoms with E-state index < -0.39 is 23.0 Å². The molecule has 0 saturated carbocycles. The summed E-state index contributed by atoms with van der Waals surface area (Å²) in [5.41, 5.74) is 3.86. The van der Waals surface area contributed by atoms with Gasteiger partial charge in [0, 0.05) is 40.7 Å². The van der Waals surface area contributed by atoms with Crippen molar-refractivity contribution in [1.29, 1.82) is 0 Å². The maximum absolute atomic E-state index is 14.0. The van der Waals surface area contributed by atoms with Gasteiger partial charge in [0.25, 0.3) is 11.8 Å². The van der Waals surface area contributed by atoms with Crippen LogP contribution in [0.4, 0.5) is 10.7 Å². The molecule has 0 fully saturated rings. The Hall–Kier alpha value is -6.09. The Morgan fingerprint density at radius 1 is 0.850 bits per heavy atom. The molecule has 60 heavy (non-hydrogen) atoms. The third kappa shape index (κ3) is 10.7. The fraction of sp³-hybridized carbons (Fsp3) is 0.261. The number of hydrogen-bond acceptors (Lipinski definition) is 11. The molecule has 3 amide bonds. The molecule has 1 atom stereocenters. The summed E-state index contributed by atoms with van der Waals surface area (Å²) in [4.78, 5) is 58.6. The Morgan fingerprint density at radius 2 is 1.55 bits per heavy atom. The van der Waals surface area contributed by atoms with Crippen LogP contribution in [0.25, 0.3) is 6.08 Å². The van der Waals surface area contributed by atoms with Crippen LogP contribution < -0.4 is 30.2 Å². The lowest BCUT2D eigenvalue weighted by Crippen LogP contribution is -2.30. The summed E-state index contributed by atoms with van der Waals surface area (Å²) in [7, 11) is 4.47. The lowest BCUT2D eigenvalue weighted by atomic mass is 10.0. The van der Waals surface area contributed by atoms with Gasteiger partial charge < -0.3 is 34.9 Å². The van der Waals surface area contributed by atoms with Gasteiger partial charge in [0.05, 0.1) is 38.7 Å². The van der Waals surface area contributed by atoms with E-state index in [1.165, 1.54) is 56.1 Å². The van der Waals surface area contributed by atoms with Gasteiger partial charge in [-0.1, -0.05) is 61.5 Å². The molecule has 14 heteroatoms. The summed E-state index contributed by atoms with van der Waals surface area (Å²) < 4.78 is 21.9. The first-order chi connectivity index (χ1) is 29.1. The standard InChI is InChI=1S/C46H48N4O8S2/c1-6-38(44(53)49-45-40(46(54)58-7-2)34-21-22-50(28-39(34)60-45)27-29-15-10-8-11-16-29)59-33-20-14-19-32(26-33)47-43(52)35(48-42(51)31-17-12-9-13-18-31)23-30-24-36(55-3)41(57-5)37(25-30)56-4/h8-20,23-26,38H,6-7,21-22,27-28H2,1-5H3,(H,47,52)(H,48,51)(H,49,53)/b35-23+. The van der Waals surface area contributed by atoms with Crippen molar-refractivity contribution in [3.05, 3.63) is 135 Å². The van der Waals surface area contributed by atoms with Crippen molar-refractivity contribution in [1.82, 2.24) is 10.2 Å². The average molecular weight is 849 g/mol. The van der Waals surface area contributed by atoms with Crippen molar-refractivity contribution in [3.8, 4) is 17.2 Å². The fourth-order valence-corrected chi connectivity index (χ4v) is 9.05. The Kier molecular flexibility index (Phi) is 15.0. The molecule has 0 bridgehead atoms. The number of thiophene rings is 1. The van der Waals surface area contributed by atoms with Gasteiger partial charge in [0.1, 0.15) is 10.7 Å². The van der Waals surface area contributed by atoms with Gasteiger partial charge in [0.2, 0.25) is 11.7 Å². The number of nitrogens with one attached hydrogen (secondary N) is 3. The van der Waals surface area contributed by atoms with Gasteiger partial charge in [0.15, 0.2) is 11.5 Å². The molecule has 2 heterocycles. The van der Waals surface area contributed by atoms with Crippen LogP contribution in [0.1, 0.15) is 62.6 Å². The molecule has 1 aliphatic heterocycles. The van der Waals surface area contributed by atoms with E-state index >= 15 is 0 Å². The molecular weight excluding hydrogens is 801 g/mol. The van der Waals surface area contributed by atoms with Gasteiger partial charge >= 0.3 is 5.97 Å². The molecule has 1 aliphatic rings. The number of carbonyl (C=O) groups is 4. The maximum Gasteiger partial charge on any atom is 0.341 e. The van der Waals surface area contributed by atoms with Crippen LogP contribution in [0.5, 0.6) is 17.2 Å². The number of fused-ring (bicyclic) bond motifs is 1. The number of hydrogen-bond donors (Lipinski definition) is 3. The van der Waals surface area contributed by atoms with Gasteiger partial charge in [-0.15, -0.1) is 23.1 Å². The third-order valence-corrected chi connectivity index (χ3v) is 12.2. The monoisotopic (exact) mass is 848 g/mol. The molecule has 3 N–H and O–H groups in total. The zero-order chi connectivity index (χ0) is 42.6. The lowest BCUT2D eigenvalue weighted by molar-refractivity contribution is -0.116. The Bertz CT molecular complexity index is 2320. The smallest absolute Gasteiger partial charge is 0.341 e. The first-order valence-corrected chi connectivity index (χ1v) is 21.2. The van der Waals surface area contributed by atoms with Crippen molar-refractivity contribution in [3.63, 3.8) is 0 Å². The average Bonchev–Trinajstić information content (AvgIpc) is 3.62. The molecule has 0 saturated heterocycles. The molecule has 0 radical (unpaired) electrons. The van der Waals surface area contributed by atoms with Crippen molar-refractivity contribution in [2.45, 2.75) is 49.9 Å².